The first-order valence-corrected chi connectivity index (χ1v) is 7.41. The quantitative estimate of drug-likeness (QED) is 0.815. The maximum atomic E-state index is 11.8. The Balaban J connectivity index is 2.05. The Morgan fingerprint density at radius 3 is 2.72 bits per heavy atom. The molecule has 0 radical (unpaired) electrons. The molecule has 1 aromatic carbocycles. The summed E-state index contributed by atoms with van der Waals surface area (Å²) < 4.78 is 1.01. The number of thiophene rings is 1. The Labute approximate surface area is 127 Å². The van der Waals surface area contributed by atoms with Crippen LogP contribution in [0.4, 0.5) is 5.69 Å². The van der Waals surface area contributed by atoms with E-state index < -0.39 is 0 Å². The highest BCUT2D eigenvalue weighted by molar-refractivity contribution is 9.11. The van der Waals surface area contributed by atoms with E-state index in [4.69, 9.17) is 23.2 Å². The fourth-order valence-electron chi connectivity index (χ4n) is 1.40. The summed E-state index contributed by atoms with van der Waals surface area (Å²) in [6, 6.07) is 8.96. The van der Waals surface area contributed by atoms with Crippen LogP contribution in [0.3, 0.4) is 0 Å². The third kappa shape index (κ3) is 3.48. The molecule has 2 rings (SSSR count). The predicted molar refractivity (Wildman–Crippen MR) is 80.8 cm³/mol. The van der Waals surface area contributed by atoms with Gasteiger partial charge in [0.15, 0.2) is 0 Å². The summed E-state index contributed by atoms with van der Waals surface area (Å²) in [5, 5.41) is 3.53. The van der Waals surface area contributed by atoms with Gasteiger partial charge in [-0.25, -0.2) is 0 Å². The number of carbonyl (C=O) groups excluding carboxylic acids is 1. The van der Waals surface area contributed by atoms with Crippen molar-refractivity contribution in [2.75, 3.05) is 5.32 Å². The molecular formula is C12H8BrCl2NOS. The van der Waals surface area contributed by atoms with Gasteiger partial charge in [0.2, 0.25) is 5.91 Å². The summed E-state index contributed by atoms with van der Waals surface area (Å²) in [5.74, 6) is -0.117. The summed E-state index contributed by atoms with van der Waals surface area (Å²) in [6.07, 6.45) is 0.319. The van der Waals surface area contributed by atoms with Crippen LogP contribution in [0.15, 0.2) is 34.1 Å². The van der Waals surface area contributed by atoms with Crippen molar-refractivity contribution in [3.05, 3.63) is 49.0 Å². The molecule has 1 heterocycles. The Morgan fingerprint density at radius 2 is 2.06 bits per heavy atom. The van der Waals surface area contributed by atoms with Crippen LogP contribution in [-0.4, -0.2) is 5.91 Å². The average molecular weight is 365 g/mol. The summed E-state index contributed by atoms with van der Waals surface area (Å²) in [7, 11) is 0. The van der Waals surface area contributed by atoms with E-state index in [-0.39, 0.29) is 5.91 Å². The summed E-state index contributed by atoms with van der Waals surface area (Å²) in [4.78, 5) is 12.8. The van der Waals surface area contributed by atoms with Crippen molar-refractivity contribution in [3.8, 4) is 0 Å². The highest BCUT2D eigenvalue weighted by atomic mass is 79.9. The number of benzene rings is 1. The van der Waals surface area contributed by atoms with Gasteiger partial charge in [-0.05, 0) is 40.2 Å². The minimum absolute atomic E-state index is 0.117. The molecule has 0 atom stereocenters. The van der Waals surface area contributed by atoms with E-state index in [2.05, 4.69) is 21.2 Å². The number of rotatable bonds is 3. The molecule has 0 fully saturated rings. The summed E-state index contributed by atoms with van der Waals surface area (Å²) >= 11 is 16.8. The molecule has 0 aliphatic heterocycles. The zero-order valence-corrected chi connectivity index (χ0v) is 13.0. The molecule has 0 spiro atoms. The van der Waals surface area contributed by atoms with Gasteiger partial charge < -0.3 is 5.32 Å². The number of anilines is 1. The molecule has 0 aliphatic carbocycles. The van der Waals surface area contributed by atoms with E-state index in [1.165, 1.54) is 11.3 Å². The van der Waals surface area contributed by atoms with Crippen LogP contribution in [0.2, 0.25) is 10.0 Å². The normalized spacial score (nSPS) is 10.4. The fraction of sp³-hybridized carbons (Fsp3) is 0.0833. The van der Waals surface area contributed by atoms with Gasteiger partial charge in [0, 0.05) is 4.88 Å². The van der Waals surface area contributed by atoms with Crippen molar-refractivity contribution < 1.29 is 4.79 Å². The maximum Gasteiger partial charge on any atom is 0.229 e. The number of carbonyl (C=O) groups is 1. The van der Waals surface area contributed by atoms with Crippen molar-refractivity contribution >= 4 is 62.1 Å². The van der Waals surface area contributed by atoms with Gasteiger partial charge in [0.1, 0.15) is 0 Å². The second-order valence-corrected chi connectivity index (χ2v) is 6.86. The molecule has 18 heavy (non-hydrogen) atoms. The highest BCUT2D eigenvalue weighted by Gasteiger charge is 2.09. The molecule has 0 unspecified atom stereocenters. The van der Waals surface area contributed by atoms with E-state index >= 15 is 0 Å². The lowest BCUT2D eigenvalue weighted by molar-refractivity contribution is -0.115. The number of nitrogens with one attached hydrogen (secondary N) is 1. The van der Waals surface area contributed by atoms with Gasteiger partial charge in [-0.2, -0.15) is 0 Å². The van der Waals surface area contributed by atoms with Crippen molar-refractivity contribution in [1.29, 1.82) is 0 Å². The van der Waals surface area contributed by atoms with Crippen molar-refractivity contribution in [2.24, 2.45) is 0 Å². The SMILES string of the molecule is O=C(Cc1ccc(Br)s1)Nc1cccc(Cl)c1Cl. The topological polar surface area (TPSA) is 29.1 Å². The van der Waals surface area contributed by atoms with Gasteiger partial charge in [-0.1, -0.05) is 29.3 Å². The maximum absolute atomic E-state index is 11.8. The van der Waals surface area contributed by atoms with Crippen molar-refractivity contribution in [2.45, 2.75) is 6.42 Å². The van der Waals surface area contributed by atoms with Crippen LogP contribution in [0.25, 0.3) is 0 Å². The second-order valence-electron chi connectivity index (χ2n) is 3.53. The molecule has 2 nitrogen and oxygen atoms in total. The minimum atomic E-state index is -0.117. The highest BCUT2D eigenvalue weighted by Crippen LogP contribution is 2.30. The number of halogens is 3. The van der Waals surface area contributed by atoms with Crippen LogP contribution in [-0.2, 0) is 11.2 Å². The van der Waals surface area contributed by atoms with Crippen molar-refractivity contribution in [1.82, 2.24) is 0 Å². The minimum Gasteiger partial charge on any atom is -0.324 e. The molecule has 0 bridgehead atoms. The van der Waals surface area contributed by atoms with Gasteiger partial charge in [-0.15, -0.1) is 11.3 Å². The van der Waals surface area contributed by atoms with E-state index in [1.54, 1.807) is 18.2 Å². The van der Waals surface area contributed by atoms with Crippen LogP contribution in [0, 0.1) is 0 Å². The van der Waals surface area contributed by atoms with E-state index in [0.29, 0.717) is 22.2 Å². The second kappa shape index (κ2) is 6.06. The van der Waals surface area contributed by atoms with Crippen LogP contribution < -0.4 is 5.32 Å². The first-order valence-electron chi connectivity index (χ1n) is 5.04. The lowest BCUT2D eigenvalue weighted by Crippen LogP contribution is -2.13. The summed E-state index contributed by atoms with van der Waals surface area (Å²) in [6.45, 7) is 0. The smallest absolute Gasteiger partial charge is 0.229 e. The third-order valence-corrected chi connectivity index (χ3v) is 4.63. The predicted octanol–water partition coefficient (Wildman–Crippen LogP) is 5.00. The Bertz CT molecular complexity index is 585. The molecule has 1 aromatic heterocycles. The zero-order valence-electron chi connectivity index (χ0n) is 9.04. The van der Waals surface area contributed by atoms with Gasteiger partial charge in [0.25, 0.3) is 0 Å². The fourth-order valence-corrected chi connectivity index (χ4v) is 3.23. The molecule has 0 saturated carbocycles. The van der Waals surface area contributed by atoms with E-state index in [1.807, 2.05) is 12.1 Å². The monoisotopic (exact) mass is 363 g/mol. The Hall–Kier alpha value is -0.550. The molecule has 1 N–H and O–H groups in total. The molecular weight excluding hydrogens is 357 g/mol. The molecule has 94 valence electrons. The molecule has 1 amide bonds. The largest absolute Gasteiger partial charge is 0.324 e. The molecule has 0 aliphatic rings. The van der Waals surface area contributed by atoms with Gasteiger partial charge in [-0.3, -0.25) is 4.79 Å². The van der Waals surface area contributed by atoms with E-state index in [9.17, 15) is 4.79 Å². The van der Waals surface area contributed by atoms with Crippen LogP contribution >= 0.6 is 50.5 Å². The molecule has 0 saturated heterocycles. The zero-order chi connectivity index (χ0) is 13.1. The van der Waals surface area contributed by atoms with Gasteiger partial charge in [0.05, 0.1) is 25.9 Å². The van der Waals surface area contributed by atoms with Gasteiger partial charge >= 0.3 is 0 Å². The average Bonchev–Trinajstić information content (AvgIpc) is 2.70. The number of hydrogen-bond donors (Lipinski definition) is 1. The first-order chi connectivity index (χ1) is 8.56. The van der Waals surface area contributed by atoms with Crippen LogP contribution in [0.5, 0.6) is 0 Å². The Morgan fingerprint density at radius 1 is 1.28 bits per heavy atom. The lowest BCUT2D eigenvalue weighted by Gasteiger charge is -2.07. The third-order valence-electron chi connectivity index (χ3n) is 2.19. The number of hydrogen-bond acceptors (Lipinski definition) is 2. The molecule has 6 heteroatoms. The standard InChI is InChI=1S/C12H8BrCl2NOS/c13-10-5-4-7(18-10)6-11(17)16-9-3-1-2-8(14)12(9)15/h1-5H,6H2,(H,16,17). The number of amides is 1. The first kappa shape index (κ1) is 13.9. The van der Waals surface area contributed by atoms with Crippen molar-refractivity contribution in [3.63, 3.8) is 0 Å². The molecule has 2 aromatic rings. The lowest BCUT2D eigenvalue weighted by atomic mass is 10.3. The van der Waals surface area contributed by atoms with Crippen LogP contribution in [0.1, 0.15) is 4.88 Å². The van der Waals surface area contributed by atoms with E-state index in [0.717, 1.165) is 8.66 Å². The summed E-state index contributed by atoms with van der Waals surface area (Å²) in [5.41, 5.74) is 0.532. The Kier molecular flexibility index (Phi) is 4.67.